The van der Waals surface area contributed by atoms with Crippen molar-refractivity contribution in [3.8, 4) is 0 Å². The van der Waals surface area contributed by atoms with Crippen molar-refractivity contribution in [3.05, 3.63) is 60.2 Å². The van der Waals surface area contributed by atoms with Gasteiger partial charge in [0.05, 0.1) is 17.1 Å². The molecule has 0 saturated heterocycles. The number of carbonyl (C=O) groups excluding carboxylic acids is 1. The Kier molecular flexibility index (Phi) is 3.78. The summed E-state index contributed by atoms with van der Waals surface area (Å²) < 4.78 is 0. The Bertz CT molecular complexity index is 735. The highest BCUT2D eigenvalue weighted by Crippen LogP contribution is 2.23. The van der Waals surface area contributed by atoms with Crippen LogP contribution in [0.15, 0.2) is 69.9 Å². The highest BCUT2D eigenvalue weighted by atomic mass is 16.2. The third-order valence-corrected chi connectivity index (χ3v) is 3.42. The average Bonchev–Trinajstić information content (AvgIpc) is 2.82. The smallest absolute Gasteiger partial charge is 0.269 e. The lowest BCUT2D eigenvalue weighted by atomic mass is 10.2. The molecule has 1 atom stereocenters. The first-order valence-electron chi connectivity index (χ1n) is 7.07. The van der Waals surface area contributed by atoms with Gasteiger partial charge in [-0.25, -0.2) is 0 Å². The Morgan fingerprint density at radius 2 is 1.68 bits per heavy atom. The number of nitrogens with zero attached hydrogens (tertiary/aromatic N) is 4. The van der Waals surface area contributed by atoms with Gasteiger partial charge in [0.25, 0.3) is 5.91 Å². The molecular formula is C17H16N4O. The second kappa shape index (κ2) is 5.89. The van der Waals surface area contributed by atoms with Crippen LogP contribution in [0.25, 0.3) is 0 Å². The van der Waals surface area contributed by atoms with Gasteiger partial charge in [-0.2, -0.15) is 20.3 Å². The first kappa shape index (κ1) is 14.1. The van der Waals surface area contributed by atoms with Crippen LogP contribution in [0, 0.1) is 6.92 Å². The molecule has 0 fully saturated rings. The van der Waals surface area contributed by atoms with Gasteiger partial charge in [0, 0.05) is 0 Å². The molecular weight excluding hydrogens is 276 g/mol. The Morgan fingerprint density at radius 3 is 2.36 bits per heavy atom. The van der Waals surface area contributed by atoms with Crippen molar-refractivity contribution < 1.29 is 4.79 Å². The highest BCUT2D eigenvalue weighted by molar-refractivity contribution is 6.18. The summed E-state index contributed by atoms with van der Waals surface area (Å²) in [6.07, 6.45) is 0. The molecule has 5 heteroatoms. The van der Waals surface area contributed by atoms with Crippen molar-refractivity contribution in [1.29, 1.82) is 0 Å². The first-order chi connectivity index (χ1) is 10.6. The molecule has 1 heterocycles. The minimum absolute atomic E-state index is 0.180. The number of hydrogen-bond donors (Lipinski definition) is 0. The van der Waals surface area contributed by atoms with Crippen LogP contribution in [0.3, 0.4) is 0 Å². The third-order valence-electron chi connectivity index (χ3n) is 3.42. The van der Waals surface area contributed by atoms with Crippen LogP contribution in [-0.4, -0.2) is 17.7 Å². The van der Waals surface area contributed by atoms with Gasteiger partial charge in [0.1, 0.15) is 0 Å². The zero-order valence-electron chi connectivity index (χ0n) is 12.5. The third kappa shape index (κ3) is 2.79. The summed E-state index contributed by atoms with van der Waals surface area (Å²) in [7, 11) is 0. The molecule has 0 unspecified atom stereocenters. The molecule has 0 aromatic heterocycles. The van der Waals surface area contributed by atoms with Crippen molar-refractivity contribution in [2.24, 2.45) is 15.3 Å². The zero-order chi connectivity index (χ0) is 15.5. The van der Waals surface area contributed by atoms with Crippen LogP contribution in [-0.2, 0) is 4.79 Å². The standard InChI is InChI=1S/C17H16N4O/c1-12-8-10-15(11-9-12)21-17(22)16(13(2)20-21)19-18-14-6-4-3-5-7-14/h3-11,16H,1-2H3/t16-/m0/s1. The van der Waals surface area contributed by atoms with Crippen LogP contribution in [0.5, 0.6) is 0 Å². The van der Waals surface area contributed by atoms with Crippen LogP contribution < -0.4 is 5.01 Å². The van der Waals surface area contributed by atoms with Crippen molar-refractivity contribution in [1.82, 2.24) is 0 Å². The molecule has 5 nitrogen and oxygen atoms in total. The van der Waals surface area contributed by atoms with E-state index < -0.39 is 6.04 Å². The van der Waals surface area contributed by atoms with Crippen LogP contribution in [0.1, 0.15) is 12.5 Å². The normalized spacial score (nSPS) is 18.1. The number of amides is 1. The van der Waals surface area contributed by atoms with Crippen LogP contribution in [0.2, 0.25) is 0 Å². The van der Waals surface area contributed by atoms with Crippen molar-refractivity contribution in [3.63, 3.8) is 0 Å². The molecule has 0 bridgehead atoms. The number of aryl methyl sites for hydroxylation is 1. The summed E-state index contributed by atoms with van der Waals surface area (Å²) in [4.78, 5) is 12.5. The number of benzene rings is 2. The average molecular weight is 292 g/mol. The van der Waals surface area contributed by atoms with Crippen LogP contribution in [0.4, 0.5) is 11.4 Å². The van der Waals surface area contributed by atoms with Gasteiger partial charge in [-0.1, -0.05) is 35.9 Å². The topological polar surface area (TPSA) is 57.4 Å². The Balaban J connectivity index is 1.81. The zero-order valence-corrected chi connectivity index (χ0v) is 12.5. The molecule has 1 aliphatic heterocycles. The van der Waals surface area contributed by atoms with E-state index in [1.165, 1.54) is 5.01 Å². The molecule has 1 amide bonds. The fourth-order valence-electron chi connectivity index (χ4n) is 2.18. The fourth-order valence-corrected chi connectivity index (χ4v) is 2.18. The van der Waals surface area contributed by atoms with E-state index in [2.05, 4.69) is 15.3 Å². The molecule has 0 spiro atoms. The predicted molar refractivity (Wildman–Crippen MR) is 86.5 cm³/mol. The van der Waals surface area contributed by atoms with Gasteiger partial charge in [-0.15, -0.1) is 0 Å². The van der Waals surface area contributed by atoms with Crippen molar-refractivity contribution >= 4 is 23.0 Å². The van der Waals surface area contributed by atoms with Crippen molar-refractivity contribution in [2.45, 2.75) is 19.9 Å². The molecule has 110 valence electrons. The number of hydrogen-bond acceptors (Lipinski definition) is 4. The first-order valence-corrected chi connectivity index (χ1v) is 7.07. The van der Waals surface area contributed by atoms with Crippen molar-refractivity contribution in [2.75, 3.05) is 5.01 Å². The van der Waals surface area contributed by atoms with Gasteiger partial charge in [-0.3, -0.25) is 4.79 Å². The maximum absolute atomic E-state index is 12.5. The quantitative estimate of drug-likeness (QED) is 0.792. The van der Waals surface area contributed by atoms with E-state index in [1.807, 2.05) is 61.5 Å². The molecule has 0 saturated carbocycles. The predicted octanol–water partition coefficient (Wildman–Crippen LogP) is 3.87. The monoisotopic (exact) mass is 292 g/mol. The summed E-state index contributed by atoms with van der Waals surface area (Å²) in [5, 5.41) is 14.0. The van der Waals surface area contributed by atoms with E-state index in [0.717, 1.165) is 16.9 Å². The molecule has 0 aliphatic carbocycles. The molecule has 0 N–H and O–H groups in total. The van der Waals surface area contributed by atoms with E-state index in [9.17, 15) is 4.79 Å². The lowest BCUT2D eigenvalue weighted by Crippen LogP contribution is -2.29. The Hall–Kier alpha value is -2.82. The van der Waals surface area contributed by atoms with E-state index in [1.54, 1.807) is 6.92 Å². The van der Waals surface area contributed by atoms with Gasteiger partial charge in [0.15, 0.2) is 6.04 Å². The summed E-state index contributed by atoms with van der Waals surface area (Å²) in [5.41, 5.74) is 3.24. The molecule has 3 rings (SSSR count). The minimum Gasteiger partial charge on any atom is -0.269 e. The summed E-state index contributed by atoms with van der Waals surface area (Å²) in [5.74, 6) is -0.180. The molecule has 1 aliphatic rings. The molecule has 22 heavy (non-hydrogen) atoms. The Morgan fingerprint density at radius 1 is 1.00 bits per heavy atom. The van der Waals surface area contributed by atoms with E-state index in [0.29, 0.717) is 5.71 Å². The lowest BCUT2D eigenvalue weighted by molar-refractivity contribution is -0.117. The van der Waals surface area contributed by atoms with Gasteiger partial charge in [0.2, 0.25) is 0 Å². The maximum Gasteiger partial charge on any atom is 0.280 e. The SMILES string of the molecule is CC1=NN(c2ccc(C)cc2)C(=O)[C@H]1N=Nc1ccccc1. The number of anilines is 1. The fraction of sp³-hybridized carbons (Fsp3) is 0.176. The van der Waals surface area contributed by atoms with Gasteiger partial charge >= 0.3 is 0 Å². The number of rotatable bonds is 3. The number of carbonyl (C=O) groups is 1. The summed E-state index contributed by atoms with van der Waals surface area (Å²) in [6.45, 7) is 3.79. The molecule has 2 aromatic carbocycles. The molecule has 2 aromatic rings. The minimum atomic E-state index is -0.651. The molecule has 0 radical (unpaired) electrons. The number of azo groups is 1. The Labute approximate surface area is 129 Å². The highest BCUT2D eigenvalue weighted by Gasteiger charge is 2.34. The lowest BCUT2D eigenvalue weighted by Gasteiger charge is -2.12. The summed E-state index contributed by atoms with van der Waals surface area (Å²) in [6, 6.07) is 16.3. The van der Waals surface area contributed by atoms with Gasteiger partial charge < -0.3 is 0 Å². The number of hydrazone groups is 1. The second-order valence-corrected chi connectivity index (χ2v) is 5.18. The largest absolute Gasteiger partial charge is 0.280 e. The van der Waals surface area contributed by atoms with E-state index in [-0.39, 0.29) is 5.91 Å². The summed E-state index contributed by atoms with van der Waals surface area (Å²) >= 11 is 0. The maximum atomic E-state index is 12.5. The second-order valence-electron chi connectivity index (χ2n) is 5.18. The van der Waals surface area contributed by atoms with E-state index >= 15 is 0 Å². The van der Waals surface area contributed by atoms with Crippen LogP contribution >= 0.6 is 0 Å². The van der Waals surface area contributed by atoms with E-state index in [4.69, 9.17) is 0 Å². The van der Waals surface area contributed by atoms with Gasteiger partial charge in [-0.05, 0) is 38.1 Å².